The summed E-state index contributed by atoms with van der Waals surface area (Å²) < 4.78 is 11.5. The van der Waals surface area contributed by atoms with Gasteiger partial charge in [0.1, 0.15) is 17.5 Å². The van der Waals surface area contributed by atoms with Gasteiger partial charge in [0.25, 0.3) is 5.91 Å². The van der Waals surface area contributed by atoms with E-state index in [1.54, 1.807) is 24.1 Å². The predicted octanol–water partition coefficient (Wildman–Crippen LogP) is 7.59. The maximum absolute atomic E-state index is 14.5. The van der Waals surface area contributed by atoms with Crippen LogP contribution < -0.4 is 15.0 Å². The molecule has 5 aromatic rings. The number of amides is 2. The van der Waals surface area contributed by atoms with E-state index in [0.29, 0.717) is 35.0 Å². The van der Waals surface area contributed by atoms with E-state index in [4.69, 9.17) is 21.1 Å². The van der Waals surface area contributed by atoms with E-state index in [9.17, 15) is 19.5 Å². The number of likely N-dealkylation sites (N-methyl/N-ethyl adjacent to an activating group) is 1. The molecular weight excluding hydrogens is 702 g/mol. The fraction of sp³-hybridized carbons (Fsp3) is 0.250. The summed E-state index contributed by atoms with van der Waals surface area (Å²) in [6.45, 7) is 2.54. The Morgan fingerprint density at radius 3 is 2.24 bits per heavy atom. The number of fused-ring (bicyclic) bond motifs is 2. The molecule has 5 aromatic carbocycles. The van der Waals surface area contributed by atoms with Crippen LogP contribution in [-0.4, -0.2) is 54.0 Å². The zero-order chi connectivity index (χ0) is 37.9. The van der Waals surface area contributed by atoms with E-state index in [0.717, 1.165) is 39.8 Å². The molecule has 2 aliphatic heterocycles. The lowest BCUT2D eigenvalue weighted by atomic mass is 9.88. The second kappa shape index (κ2) is 15.8. The molecule has 0 bridgehead atoms. The zero-order valence-corrected chi connectivity index (χ0v) is 31.1. The van der Waals surface area contributed by atoms with Crippen LogP contribution in [0.1, 0.15) is 53.3 Å². The topological polar surface area (TPSA) is 108 Å². The number of anilines is 1. The van der Waals surface area contributed by atoms with Gasteiger partial charge in [0.05, 0.1) is 18.8 Å². The van der Waals surface area contributed by atoms with Crippen LogP contribution in [0.25, 0.3) is 11.1 Å². The summed E-state index contributed by atoms with van der Waals surface area (Å²) in [7, 11) is 3.04. The lowest BCUT2D eigenvalue weighted by molar-refractivity contribution is -0.146. The van der Waals surface area contributed by atoms with Crippen molar-refractivity contribution in [3.63, 3.8) is 0 Å². The van der Waals surface area contributed by atoms with Gasteiger partial charge in [0.2, 0.25) is 12.0 Å². The van der Waals surface area contributed by atoms with Crippen LogP contribution >= 0.6 is 11.6 Å². The number of hydrogen-bond donors (Lipinski definition) is 2. The Hall–Kier alpha value is -5.64. The summed E-state index contributed by atoms with van der Waals surface area (Å²) in [5, 5.41) is 13.5. The van der Waals surface area contributed by atoms with Crippen LogP contribution in [-0.2, 0) is 38.5 Å². The number of phenols is 1. The first-order valence-corrected chi connectivity index (χ1v) is 18.4. The number of aromatic hydroxyl groups is 1. The van der Waals surface area contributed by atoms with Gasteiger partial charge in [-0.2, -0.15) is 0 Å². The molecule has 0 spiro atoms. The number of hydrogen-bond acceptors (Lipinski definition) is 7. The molecule has 2 heterocycles. The molecule has 10 heteroatoms. The number of carbonyl (C=O) groups excluding carboxylic acids is 3. The Morgan fingerprint density at radius 2 is 1.59 bits per heavy atom. The first-order valence-electron chi connectivity index (χ1n) is 18.1. The van der Waals surface area contributed by atoms with Gasteiger partial charge in [-0.15, -0.1) is 0 Å². The molecule has 276 valence electrons. The average molecular weight is 744 g/mol. The van der Waals surface area contributed by atoms with E-state index < -0.39 is 24.2 Å². The van der Waals surface area contributed by atoms with Crippen LogP contribution in [0.4, 0.5) is 5.69 Å². The standard InChI is InChI=1S/C44H42ClN3O6/c1-4-37(30-8-6-5-7-9-30)48-26-33-25-40-38(47(2)43(51)41(54-40)31-16-20-35(49)21-17-31)23-32(33)24-39(48)42(50)46-36(44(52)53-3)22-27-10-12-28(13-11-27)29-14-18-34(45)19-15-29/h5-21,23,25,36-37,39,41,49H,4,22,24,26H2,1-3H3,(H,46,50)/t36-,37-,39-,41-/m0/s1. The summed E-state index contributed by atoms with van der Waals surface area (Å²) in [6.07, 6.45) is 0.477. The van der Waals surface area contributed by atoms with Gasteiger partial charge in [-0.3, -0.25) is 14.5 Å². The van der Waals surface area contributed by atoms with Gasteiger partial charge in [-0.05, 0) is 82.6 Å². The lowest BCUT2D eigenvalue weighted by Gasteiger charge is -2.42. The lowest BCUT2D eigenvalue weighted by Crippen LogP contribution is -2.55. The van der Waals surface area contributed by atoms with E-state index in [1.165, 1.54) is 19.2 Å². The number of benzene rings is 5. The van der Waals surface area contributed by atoms with Gasteiger partial charge < -0.3 is 24.8 Å². The largest absolute Gasteiger partial charge is 0.508 e. The first-order chi connectivity index (χ1) is 26.1. The second-order valence-electron chi connectivity index (χ2n) is 13.8. The highest BCUT2D eigenvalue weighted by Crippen LogP contribution is 2.43. The van der Waals surface area contributed by atoms with Crippen molar-refractivity contribution in [2.24, 2.45) is 0 Å². The van der Waals surface area contributed by atoms with Crippen molar-refractivity contribution in [1.29, 1.82) is 0 Å². The molecule has 7 rings (SSSR count). The van der Waals surface area contributed by atoms with Crippen molar-refractivity contribution in [2.75, 3.05) is 19.1 Å². The molecule has 0 aromatic heterocycles. The smallest absolute Gasteiger partial charge is 0.328 e. The summed E-state index contributed by atoms with van der Waals surface area (Å²) in [4.78, 5) is 45.0. The summed E-state index contributed by atoms with van der Waals surface area (Å²) >= 11 is 6.07. The number of phenolic OH excluding ortho intramolecular Hbond substituents is 1. The minimum atomic E-state index is -0.915. The highest BCUT2D eigenvalue weighted by molar-refractivity contribution is 6.30. The molecule has 2 N–H and O–H groups in total. The minimum absolute atomic E-state index is 0.0990. The Bertz CT molecular complexity index is 2140. The molecule has 2 amide bonds. The highest BCUT2D eigenvalue weighted by atomic mass is 35.5. The first kappa shape index (κ1) is 36.7. The molecule has 54 heavy (non-hydrogen) atoms. The fourth-order valence-corrected chi connectivity index (χ4v) is 7.66. The van der Waals surface area contributed by atoms with Crippen molar-refractivity contribution in [1.82, 2.24) is 10.2 Å². The Morgan fingerprint density at radius 1 is 0.926 bits per heavy atom. The third-order valence-electron chi connectivity index (χ3n) is 10.5. The van der Waals surface area contributed by atoms with E-state index in [2.05, 4.69) is 29.3 Å². The van der Waals surface area contributed by atoms with Crippen LogP contribution in [0, 0.1) is 0 Å². The molecule has 0 unspecified atom stereocenters. The number of esters is 1. The number of carbonyl (C=O) groups is 3. The highest BCUT2D eigenvalue weighted by Gasteiger charge is 2.40. The van der Waals surface area contributed by atoms with Gasteiger partial charge >= 0.3 is 5.97 Å². The van der Waals surface area contributed by atoms with Crippen molar-refractivity contribution < 1.29 is 29.0 Å². The third-order valence-corrected chi connectivity index (χ3v) is 10.7. The Balaban J connectivity index is 1.18. The summed E-state index contributed by atoms with van der Waals surface area (Å²) in [6, 6.07) is 34.3. The number of methoxy groups -OCH3 is 1. The second-order valence-corrected chi connectivity index (χ2v) is 14.2. The van der Waals surface area contributed by atoms with E-state index in [-0.39, 0.29) is 30.0 Å². The van der Waals surface area contributed by atoms with Gasteiger partial charge in [0, 0.05) is 36.6 Å². The third kappa shape index (κ3) is 7.56. The molecule has 2 aliphatic rings. The summed E-state index contributed by atoms with van der Waals surface area (Å²) in [5.74, 6) is -0.379. The van der Waals surface area contributed by atoms with Crippen molar-refractivity contribution >= 4 is 35.1 Å². The molecule has 0 saturated heterocycles. The predicted molar refractivity (Wildman–Crippen MR) is 208 cm³/mol. The average Bonchev–Trinajstić information content (AvgIpc) is 3.19. The van der Waals surface area contributed by atoms with E-state index in [1.807, 2.05) is 78.9 Å². The van der Waals surface area contributed by atoms with Gasteiger partial charge in [-0.1, -0.05) is 97.4 Å². The maximum Gasteiger partial charge on any atom is 0.328 e. The molecule has 0 saturated carbocycles. The Kier molecular flexibility index (Phi) is 10.7. The number of rotatable bonds is 10. The van der Waals surface area contributed by atoms with Crippen molar-refractivity contribution in [3.05, 3.63) is 148 Å². The minimum Gasteiger partial charge on any atom is -0.508 e. The van der Waals surface area contributed by atoms with Crippen molar-refractivity contribution in [3.8, 4) is 22.6 Å². The van der Waals surface area contributed by atoms with Crippen LogP contribution in [0.3, 0.4) is 0 Å². The number of ether oxygens (including phenoxy) is 2. The van der Waals surface area contributed by atoms with Crippen molar-refractivity contribution in [2.45, 2.75) is 57.0 Å². The van der Waals surface area contributed by atoms with Gasteiger partial charge in [0.15, 0.2) is 0 Å². The molecule has 4 atom stereocenters. The molecule has 0 aliphatic carbocycles. The van der Waals surface area contributed by atoms with Crippen LogP contribution in [0.5, 0.6) is 11.5 Å². The van der Waals surface area contributed by atoms with E-state index >= 15 is 0 Å². The monoisotopic (exact) mass is 743 g/mol. The molecule has 0 fully saturated rings. The van der Waals surface area contributed by atoms with Crippen LogP contribution in [0.2, 0.25) is 5.02 Å². The van der Waals surface area contributed by atoms with Gasteiger partial charge in [-0.25, -0.2) is 4.79 Å². The number of nitrogens with zero attached hydrogens (tertiary/aromatic N) is 2. The molecular formula is C44H42ClN3O6. The Labute approximate surface area is 320 Å². The number of nitrogens with one attached hydrogen (secondary N) is 1. The normalized spacial score (nSPS) is 17.8. The zero-order valence-electron chi connectivity index (χ0n) is 30.4. The SMILES string of the molecule is CC[C@@H](c1ccccc1)N1Cc2cc3c(cc2C[C@H]1C(=O)N[C@@H](Cc1ccc(-c2ccc(Cl)cc2)cc1)C(=O)OC)N(C)C(=O)[C@H](c1ccc(O)cc1)O3. The maximum atomic E-state index is 14.5. The molecule has 0 radical (unpaired) electrons. The quantitative estimate of drug-likeness (QED) is 0.142. The number of halogens is 1. The van der Waals surface area contributed by atoms with Crippen LogP contribution in [0.15, 0.2) is 115 Å². The fourth-order valence-electron chi connectivity index (χ4n) is 7.53. The summed E-state index contributed by atoms with van der Waals surface area (Å²) in [5.41, 5.74) is 7.15. The molecule has 9 nitrogen and oxygen atoms in total.